The molecule has 1 amide bonds. The summed E-state index contributed by atoms with van der Waals surface area (Å²) < 4.78 is 10.7. The van der Waals surface area contributed by atoms with Gasteiger partial charge in [-0.15, -0.1) is 0 Å². The lowest BCUT2D eigenvalue weighted by atomic mass is 9.82. The number of rotatable bonds is 3. The van der Waals surface area contributed by atoms with E-state index in [1.807, 2.05) is 0 Å². The first kappa shape index (κ1) is 13.2. The average molecular weight is 279 g/mol. The summed E-state index contributed by atoms with van der Waals surface area (Å²) in [6.45, 7) is 0.756. The van der Waals surface area contributed by atoms with E-state index in [2.05, 4.69) is 5.32 Å². The van der Waals surface area contributed by atoms with Gasteiger partial charge in [-0.2, -0.15) is 0 Å². The summed E-state index contributed by atoms with van der Waals surface area (Å²) in [7, 11) is 0. The Hall–Kier alpha value is -1.82. The van der Waals surface area contributed by atoms with Crippen molar-refractivity contribution in [1.29, 1.82) is 0 Å². The van der Waals surface area contributed by atoms with E-state index < -0.39 is 5.97 Å². The molecule has 2 fully saturated rings. The zero-order valence-electron chi connectivity index (χ0n) is 11.0. The van der Waals surface area contributed by atoms with Crippen LogP contribution in [0.2, 0.25) is 0 Å². The van der Waals surface area contributed by atoms with Crippen LogP contribution in [0.3, 0.4) is 0 Å². The van der Waals surface area contributed by atoms with Gasteiger partial charge in [0.1, 0.15) is 0 Å². The predicted octanol–water partition coefficient (Wildman–Crippen LogP) is 1.67. The topological polar surface area (TPSA) is 88.8 Å². The van der Waals surface area contributed by atoms with Crippen LogP contribution in [-0.2, 0) is 4.74 Å². The molecule has 108 valence electrons. The third-order valence-corrected chi connectivity index (χ3v) is 4.14. The molecule has 2 N–H and O–H groups in total. The Bertz CT molecular complexity index is 523. The highest BCUT2D eigenvalue weighted by Gasteiger charge is 2.38. The van der Waals surface area contributed by atoms with Crippen molar-refractivity contribution in [2.24, 2.45) is 5.92 Å². The Labute approximate surface area is 116 Å². The van der Waals surface area contributed by atoms with Crippen molar-refractivity contribution >= 4 is 11.9 Å². The van der Waals surface area contributed by atoms with Crippen LogP contribution < -0.4 is 5.32 Å². The Morgan fingerprint density at radius 1 is 1.20 bits per heavy atom. The molecule has 0 spiro atoms. The number of carboxylic acid groups (broad SMARTS) is 1. The molecule has 6 nitrogen and oxygen atoms in total. The number of aromatic carboxylic acids is 1. The fourth-order valence-corrected chi connectivity index (χ4v) is 3.17. The molecule has 6 heteroatoms. The van der Waals surface area contributed by atoms with Gasteiger partial charge >= 0.3 is 5.97 Å². The first-order valence-electron chi connectivity index (χ1n) is 6.91. The summed E-state index contributed by atoms with van der Waals surface area (Å²) in [5.41, 5.74) is 0. The normalized spacial score (nSPS) is 28.9. The largest absolute Gasteiger partial charge is 0.475 e. The SMILES string of the molecule is O=C(O)c1ccc(C(=O)N[C@@H]2CCC[C@@H]3OCC[C@@H]32)o1. The highest BCUT2D eigenvalue weighted by atomic mass is 16.5. The lowest BCUT2D eigenvalue weighted by molar-refractivity contribution is 0.0504. The van der Waals surface area contributed by atoms with Gasteiger partial charge in [-0.05, 0) is 37.8 Å². The summed E-state index contributed by atoms with van der Waals surface area (Å²) >= 11 is 0. The van der Waals surface area contributed by atoms with Gasteiger partial charge in [0.15, 0.2) is 5.76 Å². The van der Waals surface area contributed by atoms with Crippen molar-refractivity contribution in [2.75, 3.05) is 6.61 Å². The predicted molar refractivity (Wildman–Crippen MR) is 68.6 cm³/mol. The van der Waals surface area contributed by atoms with Crippen LogP contribution >= 0.6 is 0 Å². The fourth-order valence-electron chi connectivity index (χ4n) is 3.17. The van der Waals surface area contributed by atoms with Gasteiger partial charge in [0.2, 0.25) is 5.76 Å². The van der Waals surface area contributed by atoms with E-state index in [9.17, 15) is 9.59 Å². The maximum absolute atomic E-state index is 12.1. The molecule has 0 unspecified atom stereocenters. The zero-order chi connectivity index (χ0) is 14.1. The first-order valence-corrected chi connectivity index (χ1v) is 6.91. The van der Waals surface area contributed by atoms with Crippen LogP contribution in [0.25, 0.3) is 0 Å². The van der Waals surface area contributed by atoms with Crippen molar-refractivity contribution < 1.29 is 23.8 Å². The smallest absolute Gasteiger partial charge is 0.371 e. The number of nitrogens with one attached hydrogen (secondary N) is 1. The number of carboxylic acids is 1. The second-order valence-electron chi connectivity index (χ2n) is 5.34. The van der Waals surface area contributed by atoms with Gasteiger partial charge in [-0.25, -0.2) is 4.79 Å². The molecular weight excluding hydrogens is 262 g/mol. The van der Waals surface area contributed by atoms with Crippen molar-refractivity contribution in [3.05, 3.63) is 23.7 Å². The molecule has 2 aliphatic rings. The van der Waals surface area contributed by atoms with E-state index in [1.165, 1.54) is 12.1 Å². The minimum Gasteiger partial charge on any atom is -0.475 e. The number of carbonyl (C=O) groups excluding carboxylic acids is 1. The van der Waals surface area contributed by atoms with Crippen LogP contribution in [0, 0.1) is 5.92 Å². The minimum atomic E-state index is -1.18. The van der Waals surface area contributed by atoms with Gasteiger partial charge in [0.05, 0.1) is 6.10 Å². The van der Waals surface area contributed by atoms with Gasteiger partial charge in [-0.1, -0.05) is 0 Å². The quantitative estimate of drug-likeness (QED) is 0.878. The van der Waals surface area contributed by atoms with Gasteiger partial charge in [0, 0.05) is 18.6 Å². The summed E-state index contributed by atoms with van der Waals surface area (Å²) in [4.78, 5) is 22.8. The Morgan fingerprint density at radius 2 is 2.00 bits per heavy atom. The third-order valence-electron chi connectivity index (χ3n) is 4.14. The number of hydrogen-bond acceptors (Lipinski definition) is 4. The molecule has 1 aromatic rings. The Kier molecular flexibility index (Phi) is 3.48. The van der Waals surface area contributed by atoms with Crippen molar-refractivity contribution in [2.45, 2.75) is 37.8 Å². The number of carbonyl (C=O) groups is 2. The lowest BCUT2D eigenvalue weighted by Gasteiger charge is -2.32. The van der Waals surface area contributed by atoms with E-state index in [4.69, 9.17) is 14.3 Å². The molecule has 3 rings (SSSR count). The molecule has 1 saturated carbocycles. The number of amides is 1. The summed E-state index contributed by atoms with van der Waals surface area (Å²) in [5.74, 6) is -1.34. The summed E-state index contributed by atoms with van der Waals surface area (Å²) in [6.07, 6.45) is 4.24. The minimum absolute atomic E-state index is 0.0449. The average Bonchev–Trinajstić information content (AvgIpc) is 3.08. The van der Waals surface area contributed by atoms with Crippen molar-refractivity contribution in [1.82, 2.24) is 5.32 Å². The molecule has 0 radical (unpaired) electrons. The lowest BCUT2D eigenvalue weighted by Crippen LogP contribution is -2.45. The zero-order valence-corrected chi connectivity index (χ0v) is 11.0. The van der Waals surface area contributed by atoms with E-state index in [0.717, 1.165) is 32.3 Å². The fraction of sp³-hybridized carbons (Fsp3) is 0.571. The number of hydrogen-bond donors (Lipinski definition) is 2. The second kappa shape index (κ2) is 5.28. The molecule has 1 aliphatic carbocycles. The molecule has 1 aliphatic heterocycles. The summed E-state index contributed by atoms with van der Waals surface area (Å²) in [5, 5.41) is 11.7. The molecule has 2 heterocycles. The van der Waals surface area contributed by atoms with Crippen LogP contribution in [0.4, 0.5) is 0 Å². The van der Waals surface area contributed by atoms with Crippen molar-refractivity contribution in [3.8, 4) is 0 Å². The van der Waals surface area contributed by atoms with Gasteiger partial charge < -0.3 is 19.6 Å². The van der Waals surface area contributed by atoms with Crippen molar-refractivity contribution in [3.63, 3.8) is 0 Å². The first-order chi connectivity index (χ1) is 9.65. The van der Waals surface area contributed by atoms with Gasteiger partial charge in [0.25, 0.3) is 5.91 Å². The molecule has 3 atom stereocenters. The van der Waals surface area contributed by atoms with Gasteiger partial charge in [-0.3, -0.25) is 4.79 Å². The van der Waals surface area contributed by atoms with E-state index >= 15 is 0 Å². The molecule has 0 bridgehead atoms. The van der Waals surface area contributed by atoms with E-state index in [-0.39, 0.29) is 29.6 Å². The molecule has 1 aromatic heterocycles. The maximum atomic E-state index is 12.1. The second-order valence-corrected chi connectivity index (χ2v) is 5.34. The highest BCUT2D eigenvalue weighted by molar-refractivity contribution is 5.93. The Balaban J connectivity index is 1.67. The molecular formula is C14H17NO5. The van der Waals surface area contributed by atoms with Crippen LogP contribution in [0.15, 0.2) is 16.5 Å². The maximum Gasteiger partial charge on any atom is 0.371 e. The van der Waals surface area contributed by atoms with E-state index in [1.54, 1.807) is 0 Å². The van der Waals surface area contributed by atoms with Crippen LogP contribution in [-0.4, -0.2) is 35.7 Å². The van der Waals surface area contributed by atoms with Crippen LogP contribution in [0.5, 0.6) is 0 Å². The third kappa shape index (κ3) is 2.43. The number of ether oxygens (including phenoxy) is 1. The molecule has 20 heavy (non-hydrogen) atoms. The number of fused-ring (bicyclic) bond motifs is 1. The summed E-state index contributed by atoms with van der Waals surface area (Å²) in [6, 6.07) is 2.77. The Morgan fingerprint density at radius 3 is 2.75 bits per heavy atom. The highest BCUT2D eigenvalue weighted by Crippen LogP contribution is 2.34. The monoisotopic (exact) mass is 279 g/mol. The molecule has 1 saturated heterocycles. The standard InChI is InChI=1S/C14H17NO5/c16-13(11-4-5-12(20-11)14(17)18)15-9-2-1-3-10-8(9)6-7-19-10/h4-5,8-10H,1-3,6-7H2,(H,15,16)(H,17,18)/t8-,9-,10+/m1/s1. The molecule has 0 aromatic carbocycles. The van der Waals surface area contributed by atoms with E-state index in [0.29, 0.717) is 5.92 Å². The number of furan rings is 1. The van der Waals surface area contributed by atoms with Crippen LogP contribution in [0.1, 0.15) is 46.8 Å².